The van der Waals surface area contributed by atoms with E-state index in [1.54, 1.807) is 6.07 Å². The van der Waals surface area contributed by atoms with Gasteiger partial charge in [-0.3, -0.25) is 4.90 Å². The second kappa shape index (κ2) is 6.46. The minimum absolute atomic E-state index is 0.277. The average molecular weight is 267 g/mol. The number of aliphatic hydroxyl groups is 1. The summed E-state index contributed by atoms with van der Waals surface area (Å²) in [5, 5.41) is 10.4. The minimum Gasteiger partial charge on any atom is -0.386 e. The number of morpholine rings is 1. The van der Waals surface area contributed by atoms with Gasteiger partial charge in [-0.05, 0) is 43.1 Å². The highest BCUT2D eigenvalue weighted by atomic mass is 19.1. The highest BCUT2D eigenvalue weighted by molar-refractivity contribution is 5.29. The van der Waals surface area contributed by atoms with Crippen LogP contribution >= 0.6 is 0 Å². The van der Waals surface area contributed by atoms with Gasteiger partial charge in [-0.25, -0.2) is 4.39 Å². The van der Waals surface area contributed by atoms with E-state index in [0.717, 1.165) is 25.1 Å². The van der Waals surface area contributed by atoms with Crippen LogP contribution in [0.5, 0.6) is 0 Å². The van der Waals surface area contributed by atoms with Gasteiger partial charge in [0.25, 0.3) is 0 Å². The second-order valence-electron chi connectivity index (χ2n) is 5.16. The van der Waals surface area contributed by atoms with E-state index in [-0.39, 0.29) is 11.9 Å². The van der Waals surface area contributed by atoms with Crippen molar-refractivity contribution in [3.8, 4) is 0 Å². The first-order chi connectivity index (χ1) is 9.11. The fourth-order valence-electron chi connectivity index (χ4n) is 2.57. The van der Waals surface area contributed by atoms with Gasteiger partial charge in [0.15, 0.2) is 0 Å². The van der Waals surface area contributed by atoms with E-state index in [4.69, 9.17) is 4.74 Å². The third kappa shape index (κ3) is 3.53. The molecule has 0 saturated carbocycles. The molecule has 4 heteroatoms. The lowest BCUT2D eigenvalue weighted by atomic mass is 9.98. The molecule has 0 spiro atoms. The molecule has 0 bridgehead atoms. The van der Waals surface area contributed by atoms with Crippen molar-refractivity contribution in [1.82, 2.24) is 4.90 Å². The number of rotatable bonds is 4. The first-order valence-electron chi connectivity index (χ1n) is 6.90. The maximum Gasteiger partial charge on any atom is 0.123 e. The second-order valence-corrected chi connectivity index (χ2v) is 5.16. The monoisotopic (exact) mass is 267 g/mol. The molecule has 1 fully saturated rings. The molecule has 0 amide bonds. The molecule has 0 aromatic heterocycles. The van der Waals surface area contributed by atoms with Crippen molar-refractivity contribution in [3.05, 3.63) is 35.1 Å². The van der Waals surface area contributed by atoms with Gasteiger partial charge in [0.1, 0.15) is 18.0 Å². The van der Waals surface area contributed by atoms with Crippen LogP contribution in [0.15, 0.2) is 18.2 Å². The predicted molar refractivity (Wildman–Crippen MR) is 72.6 cm³/mol. The van der Waals surface area contributed by atoms with E-state index < -0.39 is 6.10 Å². The summed E-state index contributed by atoms with van der Waals surface area (Å²) in [6, 6.07) is 4.51. The summed E-state index contributed by atoms with van der Waals surface area (Å²) >= 11 is 0. The van der Waals surface area contributed by atoms with Gasteiger partial charge in [0.2, 0.25) is 0 Å². The van der Waals surface area contributed by atoms with E-state index in [2.05, 4.69) is 11.8 Å². The maximum absolute atomic E-state index is 13.3. The number of ether oxygens (including phenoxy) is 1. The molecule has 2 atom stereocenters. The van der Waals surface area contributed by atoms with E-state index in [9.17, 15) is 9.50 Å². The molecule has 2 unspecified atom stereocenters. The summed E-state index contributed by atoms with van der Waals surface area (Å²) in [5.41, 5.74) is 1.52. The first kappa shape index (κ1) is 14.4. The predicted octanol–water partition coefficient (Wildman–Crippen LogP) is 2.28. The molecule has 3 nitrogen and oxygen atoms in total. The largest absolute Gasteiger partial charge is 0.386 e. The van der Waals surface area contributed by atoms with Gasteiger partial charge in [0.05, 0.1) is 6.61 Å². The van der Waals surface area contributed by atoms with Crippen molar-refractivity contribution in [1.29, 1.82) is 0 Å². The quantitative estimate of drug-likeness (QED) is 0.908. The van der Waals surface area contributed by atoms with E-state index in [1.165, 1.54) is 12.1 Å². The number of benzene rings is 1. The Hall–Kier alpha value is -0.970. The van der Waals surface area contributed by atoms with Crippen LogP contribution in [0.4, 0.5) is 4.39 Å². The molecule has 2 rings (SSSR count). The molecule has 1 saturated heterocycles. The summed E-state index contributed by atoms with van der Waals surface area (Å²) in [6.07, 6.45) is 0.0399. The molecule has 1 N–H and O–H groups in total. The molecule has 0 radical (unpaired) electrons. The highest BCUT2D eigenvalue weighted by Crippen LogP contribution is 2.25. The van der Waals surface area contributed by atoms with Gasteiger partial charge >= 0.3 is 0 Å². The Morgan fingerprint density at radius 1 is 1.53 bits per heavy atom. The van der Waals surface area contributed by atoms with Gasteiger partial charge in [0, 0.05) is 13.1 Å². The summed E-state index contributed by atoms with van der Waals surface area (Å²) in [5.74, 6) is -0.319. The third-order valence-electron chi connectivity index (χ3n) is 3.63. The first-order valence-corrected chi connectivity index (χ1v) is 6.90. The number of halogens is 1. The maximum atomic E-state index is 13.3. The number of nitrogens with zero attached hydrogens (tertiary/aromatic N) is 1. The SMILES string of the molecule is CCCN1CCOC(C(O)c2cc(F)ccc2C)C1. The summed E-state index contributed by atoms with van der Waals surface area (Å²) in [7, 11) is 0. The smallest absolute Gasteiger partial charge is 0.123 e. The van der Waals surface area contributed by atoms with Crippen molar-refractivity contribution in [2.75, 3.05) is 26.2 Å². The van der Waals surface area contributed by atoms with Crippen molar-refractivity contribution in [2.24, 2.45) is 0 Å². The average Bonchev–Trinajstić information content (AvgIpc) is 2.41. The summed E-state index contributed by atoms with van der Waals surface area (Å²) in [4.78, 5) is 2.28. The van der Waals surface area contributed by atoms with E-state index >= 15 is 0 Å². The Morgan fingerprint density at radius 3 is 3.05 bits per heavy atom. The van der Waals surface area contributed by atoms with Crippen LogP contribution in [0.2, 0.25) is 0 Å². The number of aliphatic hydroxyl groups excluding tert-OH is 1. The fourth-order valence-corrected chi connectivity index (χ4v) is 2.57. The molecule has 19 heavy (non-hydrogen) atoms. The van der Waals surface area contributed by atoms with Crippen LogP contribution in [-0.4, -0.2) is 42.4 Å². The normalized spacial score (nSPS) is 22.4. The minimum atomic E-state index is -0.768. The lowest BCUT2D eigenvalue weighted by Gasteiger charge is -2.35. The van der Waals surface area contributed by atoms with Gasteiger partial charge in [-0.2, -0.15) is 0 Å². The Labute approximate surface area is 114 Å². The lowest BCUT2D eigenvalue weighted by Crippen LogP contribution is -2.45. The molecule has 1 aliphatic heterocycles. The molecule has 1 aliphatic rings. The van der Waals surface area contributed by atoms with E-state index in [1.807, 2.05) is 6.92 Å². The number of hydrogen-bond acceptors (Lipinski definition) is 3. The zero-order valence-electron chi connectivity index (χ0n) is 11.6. The lowest BCUT2D eigenvalue weighted by molar-refractivity contribution is -0.0900. The highest BCUT2D eigenvalue weighted by Gasteiger charge is 2.28. The van der Waals surface area contributed by atoms with Crippen molar-refractivity contribution in [2.45, 2.75) is 32.5 Å². The van der Waals surface area contributed by atoms with Gasteiger partial charge < -0.3 is 9.84 Å². The van der Waals surface area contributed by atoms with Gasteiger partial charge in [-0.1, -0.05) is 13.0 Å². The molecular formula is C15H22FNO2. The van der Waals surface area contributed by atoms with Crippen molar-refractivity contribution < 1.29 is 14.2 Å². The number of aryl methyl sites for hydroxylation is 1. The summed E-state index contributed by atoms with van der Waals surface area (Å²) < 4.78 is 19.0. The van der Waals surface area contributed by atoms with Gasteiger partial charge in [-0.15, -0.1) is 0 Å². The van der Waals surface area contributed by atoms with Crippen LogP contribution < -0.4 is 0 Å². The standard InChI is InChI=1S/C15H22FNO2/c1-3-6-17-7-8-19-14(10-17)15(18)13-9-12(16)5-4-11(13)2/h4-5,9,14-15,18H,3,6-8,10H2,1-2H3. The topological polar surface area (TPSA) is 32.7 Å². The Bertz CT molecular complexity index is 423. The van der Waals surface area contributed by atoms with Crippen LogP contribution in [-0.2, 0) is 4.74 Å². The molecular weight excluding hydrogens is 245 g/mol. The Balaban J connectivity index is 2.10. The zero-order valence-corrected chi connectivity index (χ0v) is 11.6. The van der Waals surface area contributed by atoms with Crippen LogP contribution in [0.25, 0.3) is 0 Å². The van der Waals surface area contributed by atoms with Crippen LogP contribution in [0, 0.1) is 12.7 Å². The third-order valence-corrected chi connectivity index (χ3v) is 3.63. The molecule has 1 heterocycles. The van der Waals surface area contributed by atoms with Crippen LogP contribution in [0.1, 0.15) is 30.6 Å². The zero-order chi connectivity index (χ0) is 13.8. The fraction of sp³-hybridized carbons (Fsp3) is 0.600. The van der Waals surface area contributed by atoms with Crippen molar-refractivity contribution in [3.63, 3.8) is 0 Å². The number of hydrogen-bond donors (Lipinski definition) is 1. The van der Waals surface area contributed by atoms with Crippen molar-refractivity contribution >= 4 is 0 Å². The Morgan fingerprint density at radius 2 is 2.32 bits per heavy atom. The molecule has 106 valence electrons. The Kier molecular flexibility index (Phi) is 4.91. The molecule has 1 aromatic carbocycles. The molecule has 0 aliphatic carbocycles. The molecule has 1 aromatic rings. The van der Waals surface area contributed by atoms with Crippen LogP contribution in [0.3, 0.4) is 0 Å². The summed E-state index contributed by atoms with van der Waals surface area (Å²) in [6.45, 7) is 7.25. The van der Waals surface area contributed by atoms with E-state index in [0.29, 0.717) is 18.7 Å².